The van der Waals surface area contributed by atoms with Crippen LogP contribution < -0.4 is 15.0 Å². The van der Waals surface area contributed by atoms with Crippen LogP contribution in [0, 0.1) is 24.0 Å². The van der Waals surface area contributed by atoms with E-state index in [0.29, 0.717) is 27.3 Å². The molecule has 38 heavy (non-hydrogen) atoms. The molecule has 2 N–H and O–H groups in total. The van der Waals surface area contributed by atoms with E-state index < -0.39 is 11.0 Å². The van der Waals surface area contributed by atoms with Crippen LogP contribution in [0.25, 0.3) is 5.69 Å². The maximum atomic E-state index is 12.0. The second kappa shape index (κ2) is 9.96. The van der Waals surface area contributed by atoms with Crippen LogP contribution in [0.15, 0.2) is 66.9 Å². The molecule has 3 heterocycles. The predicted octanol–water partition coefficient (Wildman–Crippen LogP) is 5.94. The monoisotopic (exact) mass is 549 g/mol. The molecule has 0 bridgehead atoms. The first-order valence-electron chi connectivity index (χ1n) is 11.7. The third-order valence-corrected chi connectivity index (χ3v) is 7.25. The number of ether oxygens (including phenoxy) is 1. The number of methoxy groups -OCH3 is 1. The number of pyridine rings is 1. The van der Waals surface area contributed by atoms with Gasteiger partial charge in [-0.2, -0.15) is 0 Å². The van der Waals surface area contributed by atoms with Gasteiger partial charge in [-0.3, -0.25) is 15.1 Å². The maximum Gasteiger partial charge on any atom is 0.296 e. The molecular formula is C27H24ClN5O4S. The largest absolute Gasteiger partial charge is 0.506 e. The molecule has 0 amide bonds. The number of nitrogens with one attached hydrogen (secondary N) is 1. The van der Waals surface area contributed by atoms with Crippen molar-refractivity contribution in [3.63, 3.8) is 0 Å². The fourth-order valence-corrected chi connectivity index (χ4v) is 5.55. The standard InChI is InChI=1S/C27H24ClN5O4S/c1-15-12-19(16(2)31(15)21-9-8-18(37-3)14-22(21)33(35)36)26-25(20-6-4-5-11-29-20)30-27(38)32(26)23-13-17(28)7-10-24(23)34/h4-14,25-26,34H,1-3H3,(H,30,38). The van der Waals surface area contributed by atoms with Gasteiger partial charge in [-0.15, -0.1) is 0 Å². The van der Waals surface area contributed by atoms with Crippen LogP contribution in [0.1, 0.15) is 34.7 Å². The zero-order valence-electron chi connectivity index (χ0n) is 20.8. The number of phenolic OH excluding ortho intramolecular Hbond substituents is 1. The van der Waals surface area contributed by atoms with Gasteiger partial charge in [0.05, 0.1) is 41.6 Å². The van der Waals surface area contributed by atoms with Crippen LogP contribution in [-0.4, -0.2) is 31.8 Å². The zero-order valence-corrected chi connectivity index (χ0v) is 22.3. The molecule has 0 spiro atoms. The van der Waals surface area contributed by atoms with E-state index in [1.165, 1.54) is 19.2 Å². The van der Waals surface area contributed by atoms with Crippen molar-refractivity contribution in [2.75, 3.05) is 12.0 Å². The van der Waals surface area contributed by atoms with E-state index in [9.17, 15) is 15.2 Å². The zero-order chi connectivity index (χ0) is 27.1. The Bertz CT molecular complexity index is 1560. The third kappa shape index (κ3) is 4.31. The summed E-state index contributed by atoms with van der Waals surface area (Å²) in [5, 5.41) is 27.0. The van der Waals surface area contributed by atoms with Crippen molar-refractivity contribution in [2.24, 2.45) is 0 Å². The minimum atomic E-state index is -0.445. The molecule has 1 aliphatic heterocycles. The van der Waals surface area contributed by atoms with Gasteiger partial charge in [0, 0.05) is 22.6 Å². The minimum absolute atomic E-state index is 0.0184. The van der Waals surface area contributed by atoms with Crippen molar-refractivity contribution in [3.8, 4) is 17.2 Å². The number of thiocarbonyl (C=S) groups is 1. The average Bonchev–Trinajstić information content (AvgIpc) is 3.40. The summed E-state index contributed by atoms with van der Waals surface area (Å²) in [4.78, 5) is 18.0. The fourth-order valence-electron chi connectivity index (χ4n) is 5.04. The van der Waals surface area contributed by atoms with Crippen molar-refractivity contribution < 1.29 is 14.8 Å². The van der Waals surface area contributed by atoms with Crippen LogP contribution in [0.5, 0.6) is 11.5 Å². The molecule has 194 valence electrons. The van der Waals surface area contributed by atoms with Crippen molar-refractivity contribution in [3.05, 3.63) is 105 Å². The highest BCUT2D eigenvalue weighted by molar-refractivity contribution is 7.80. The first-order valence-corrected chi connectivity index (χ1v) is 12.5. The predicted molar refractivity (Wildman–Crippen MR) is 149 cm³/mol. The van der Waals surface area contributed by atoms with Crippen LogP contribution in [0.4, 0.5) is 11.4 Å². The summed E-state index contributed by atoms with van der Waals surface area (Å²) in [6, 6.07) is 16.4. The van der Waals surface area contributed by atoms with Gasteiger partial charge >= 0.3 is 0 Å². The lowest BCUT2D eigenvalue weighted by Gasteiger charge is -2.28. The Hall–Kier alpha value is -4.15. The van der Waals surface area contributed by atoms with Gasteiger partial charge in [0.2, 0.25) is 0 Å². The number of hydrogen-bond donors (Lipinski definition) is 2. The number of nitro benzene ring substituents is 1. The molecule has 1 saturated heterocycles. The van der Waals surface area contributed by atoms with E-state index in [2.05, 4.69) is 10.3 Å². The van der Waals surface area contributed by atoms with Crippen molar-refractivity contribution >= 4 is 40.3 Å². The number of benzene rings is 2. The van der Waals surface area contributed by atoms with Crippen molar-refractivity contribution in [1.29, 1.82) is 0 Å². The van der Waals surface area contributed by atoms with Crippen LogP contribution in [0.3, 0.4) is 0 Å². The van der Waals surface area contributed by atoms with Gasteiger partial charge in [0.15, 0.2) is 5.11 Å². The highest BCUT2D eigenvalue weighted by atomic mass is 35.5. The maximum absolute atomic E-state index is 12.0. The summed E-state index contributed by atoms with van der Waals surface area (Å²) in [5.74, 6) is 0.413. The van der Waals surface area contributed by atoms with E-state index in [1.54, 1.807) is 30.5 Å². The molecule has 1 aliphatic rings. The lowest BCUT2D eigenvalue weighted by Crippen LogP contribution is -2.29. The van der Waals surface area contributed by atoms with Crippen LogP contribution in [0.2, 0.25) is 5.02 Å². The van der Waals surface area contributed by atoms with E-state index in [0.717, 1.165) is 22.6 Å². The molecule has 11 heteroatoms. The van der Waals surface area contributed by atoms with Gasteiger partial charge in [-0.05, 0) is 80.2 Å². The van der Waals surface area contributed by atoms with Gasteiger partial charge in [0.25, 0.3) is 5.69 Å². The Labute approximate surface area is 229 Å². The van der Waals surface area contributed by atoms with Gasteiger partial charge < -0.3 is 24.6 Å². The summed E-state index contributed by atoms with van der Waals surface area (Å²) in [6.07, 6.45) is 1.71. The van der Waals surface area contributed by atoms with Crippen molar-refractivity contribution in [1.82, 2.24) is 14.9 Å². The van der Waals surface area contributed by atoms with Gasteiger partial charge in [-0.1, -0.05) is 17.7 Å². The molecule has 9 nitrogen and oxygen atoms in total. The molecule has 2 unspecified atom stereocenters. The molecule has 5 rings (SSSR count). The molecule has 2 atom stereocenters. The number of aryl methyl sites for hydroxylation is 1. The fraction of sp³-hybridized carbons (Fsp3) is 0.185. The molecule has 2 aromatic carbocycles. The first-order chi connectivity index (χ1) is 18.2. The minimum Gasteiger partial charge on any atom is -0.506 e. The van der Waals surface area contributed by atoms with E-state index in [-0.39, 0.29) is 17.5 Å². The van der Waals surface area contributed by atoms with Crippen LogP contribution >= 0.6 is 23.8 Å². The summed E-state index contributed by atoms with van der Waals surface area (Å²) in [5.41, 5.74) is 3.96. The Kier molecular flexibility index (Phi) is 6.68. The highest BCUT2D eigenvalue weighted by Gasteiger charge is 2.43. The average molecular weight is 550 g/mol. The lowest BCUT2D eigenvalue weighted by atomic mass is 9.96. The molecular weight excluding hydrogens is 526 g/mol. The second-order valence-electron chi connectivity index (χ2n) is 8.90. The van der Waals surface area contributed by atoms with Crippen LogP contribution in [-0.2, 0) is 0 Å². The number of nitrogens with zero attached hydrogens (tertiary/aromatic N) is 4. The lowest BCUT2D eigenvalue weighted by molar-refractivity contribution is -0.384. The topological polar surface area (TPSA) is 106 Å². The highest BCUT2D eigenvalue weighted by Crippen LogP contribution is 2.47. The molecule has 0 saturated carbocycles. The van der Waals surface area contributed by atoms with Gasteiger partial charge in [-0.25, -0.2) is 0 Å². The summed E-state index contributed by atoms with van der Waals surface area (Å²) in [7, 11) is 1.47. The number of nitro groups is 1. The Morgan fingerprint density at radius 1 is 1.13 bits per heavy atom. The summed E-state index contributed by atoms with van der Waals surface area (Å²) >= 11 is 12.1. The number of hydrogen-bond acceptors (Lipinski definition) is 6. The Balaban J connectivity index is 1.73. The number of phenols is 1. The quantitative estimate of drug-likeness (QED) is 0.173. The second-order valence-corrected chi connectivity index (χ2v) is 9.73. The van der Waals surface area contributed by atoms with Crippen molar-refractivity contribution in [2.45, 2.75) is 25.9 Å². The molecule has 4 aromatic rings. The number of rotatable bonds is 6. The van der Waals surface area contributed by atoms with Gasteiger partial charge in [0.1, 0.15) is 17.2 Å². The molecule has 2 aromatic heterocycles. The van der Waals surface area contributed by atoms with E-state index in [1.807, 2.05) is 47.6 Å². The summed E-state index contributed by atoms with van der Waals surface area (Å²) in [6.45, 7) is 3.80. The summed E-state index contributed by atoms with van der Waals surface area (Å²) < 4.78 is 7.06. The number of anilines is 1. The normalized spacial score (nSPS) is 16.9. The molecule has 0 radical (unpaired) electrons. The third-order valence-electron chi connectivity index (χ3n) is 6.70. The number of aromatic hydroxyl groups is 1. The Morgan fingerprint density at radius 2 is 1.92 bits per heavy atom. The number of aromatic nitrogens is 2. The first kappa shape index (κ1) is 25.5. The SMILES string of the molecule is COc1ccc(-n2c(C)cc(C3C(c4ccccn4)NC(=S)N3c3cc(Cl)ccc3O)c2C)c([N+](=O)[O-])c1. The van der Waals surface area contributed by atoms with E-state index >= 15 is 0 Å². The smallest absolute Gasteiger partial charge is 0.296 e. The number of halogens is 1. The van der Waals surface area contributed by atoms with E-state index in [4.69, 9.17) is 28.6 Å². The molecule has 0 aliphatic carbocycles. The Morgan fingerprint density at radius 3 is 2.61 bits per heavy atom. The molecule has 1 fully saturated rings.